The molecule has 0 radical (unpaired) electrons. The van der Waals surface area contributed by atoms with Crippen LogP contribution in [0.5, 0.6) is 0 Å². The molecule has 2 aromatic heterocycles. The number of halogens is 6. The summed E-state index contributed by atoms with van der Waals surface area (Å²) in [5, 5.41) is 17.6. The van der Waals surface area contributed by atoms with Crippen LogP contribution in [0.25, 0.3) is 0 Å². The molecule has 3 atom stereocenters. The van der Waals surface area contributed by atoms with Crippen molar-refractivity contribution in [1.82, 2.24) is 19.8 Å². The Morgan fingerprint density at radius 3 is 2.18 bits per heavy atom. The van der Waals surface area contributed by atoms with E-state index in [-0.39, 0.29) is 0 Å². The number of hydrogen-bond acceptors (Lipinski definition) is 8. The van der Waals surface area contributed by atoms with Crippen molar-refractivity contribution in [3.63, 3.8) is 0 Å². The molecule has 0 aliphatic carbocycles. The number of aliphatic carboxylic acids is 2. The first kappa shape index (κ1) is 32.4. The molecule has 39 heavy (non-hydrogen) atoms. The number of aryl methyl sites for hydroxylation is 1. The molecule has 0 aromatic carbocycles. The van der Waals surface area contributed by atoms with Gasteiger partial charge < -0.3 is 14.9 Å². The topological polar surface area (TPSA) is 116 Å². The van der Waals surface area contributed by atoms with Crippen molar-refractivity contribution < 1.29 is 50.9 Å². The van der Waals surface area contributed by atoms with Gasteiger partial charge >= 0.3 is 24.3 Å². The lowest BCUT2D eigenvalue weighted by Crippen LogP contribution is -2.50. The predicted octanol–water partition coefficient (Wildman–Crippen LogP) is 3.83. The van der Waals surface area contributed by atoms with Crippen LogP contribution in [0.1, 0.15) is 22.7 Å². The predicted molar refractivity (Wildman–Crippen MR) is 127 cm³/mol. The van der Waals surface area contributed by atoms with Crippen molar-refractivity contribution >= 4 is 23.3 Å². The van der Waals surface area contributed by atoms with Gasteiger partial charge in [0.15, 0.2) is 0 Å². The number of fused-ring (bicyclic) bond motifs is 1. The molecule has 2 fully saturated rings. The molecule has 2 aromatic rings. The lowest BCUT2D eigenvalue weighted by Gasteiger charge is -2.41. The standard InChI is InChI=1S/C19H26N4OS.2C2HF3O2/c1-14-21-16(13-25-14)10-22-11-17-18(12-22)23(7-5-19(17)24-2)9-15-4-3-6-20-8-15;2*3-2(4,5)1(6)7/h3-4,6,8,13,17-19H,5,7,9-12H2,1-2H3;2*(H,6,7)/t17-,18+,19+;;/m0../s1. The third-order valence-corrected chi connectivity index (χ3v) is 6.83. The monoisotopic (exact) mass is 586 g/mol. The molecule has 0 saturated carbocycles. The molecule has 0 unspecified atom stereocenters. The summed E-state index contributed by atoms with van der Waals surface area (Å²) in [7, 11) is 1.87. The van der Waals surface area contributed by atoms with Gasteiger partial charge in [-0.15, -0.1) is 11.3 Å². The zero-order chi connectivity index (χ0) is 29.4. The van der Waals surface area contributed by atoms with E-state index in [1.165, 1.54) is 11.3 Å². The summed E-state index contributed by atoms with van der Waals surface area (Å²) in [4.78, 5) is 31.9. The van der Waals surface area contributed by atoms with Gasteiger partial charge in [-0.2, -0.15) is 26.3 Å². The molecular formula is C23H28F6N4O5S. The van der Waals surface area contributed by atoms with Crippen molar-refractivity contribution in [3.8, 4) is 0 Å². The molecule has 2 aliphatic rings. The summed E-state index contributed by atoms with van der Waals surface area (Å²) in [5.41, 5.74) is 2.50. The van der Waals surface area contributed by atoms with Gasteiger partial charge in [0.1, 0.15) is 0 Å². The van der Waals surface area contributed by atoms with E-state index in [1.54, 1.807) is 11.3 Å². The first-order chi connectivity index (χ1) is 18.1. The Morgan fingerprint density at radius 1 is 1.10 bits per heavy atom. The van der Waals surface area contributed by atoms with Crippen molar-refractivity contribution in [1.29, 1.82) is 0 Å². The molecule has 2 aliphatic heterocycles. The molecule has 218 valence electrons. The molecule has 0 spiro atoms. The first-order valence-corrected chi connectivity index (χ1v) is 12.4. The van der Waals surface area contributed by atoms with Gasteiger partial charge in [-0.3, -0.25) is 14.8 Å². The number of ether oxygens (including phenoxy) is 1. The second-order valence-corrected chi connectivity index (χ2v) is 9.85. The Kier molecular flexibility index (Phi) is 11.6. The third-order valence-electron chi connectivity index (χ3n) is 6.00. The molecule has 4 rings (SSSR count). The number of methoxy groups -OCH3 is 1. The summed E-state index contributed by atoms with van der Waals surface area (Å²) < 4.78 is 69.3. The number of piperidine rings is 1. The van der Waals surface area contributed by atoms with Crippen LogP contribution in [-0.4, -0.2) is 93.2 Å². The molecule has 0 bridgehead atoms. The van der Waals surface area contributed by atoms with E-state index in [4.69, 9.17) is 24.5 Å². The van der Waals surface area contributed by atoms with Crippen molar-refractivity contribution in [2.24, 2.45) is 5.92 Å². The lowest BCUT2D eigenvalue weighted by atomic mass is 9.88. The molecule has 16 heteroatoms. The summed E-state index contributed by atoms with van der Waals surface area (Å²) >= 11 is 1.74. The van der Waals surface area contributed by atoms with E-state index in [2.05, 4.69) is 38.1 Å². The van der Waals surface area contributed by atoms with Gasteiger partial charge in [0.05, 0.1) is 16.8 Å². The second-order valence-electron chi connectivity index (χ2n) is 8.78. The molecule has 9 nitrogen and oxygen atoms in total. The average molecular weight is 587 g/mol. The molecule has 2 saturated heterocycles. The fraction of sp³-hybridized carbons (Fsp3) is 0.565. The smallest absolute Gasteiger partial charge is 0.475 e. The summed E-state index contributed by atoms with van der Waals surface area (Å²) in [6.07, 6.45) is -4.85. The largest absolute Gasteiger partial charge is 0.490 e. The van der Waals surface area contributed by atoms with Crippen LogP contribution in [0.4, 0.5) is 26.3 Å². The fourth-order valence-corrected chi connectivity index (χ4v) is 4.98. The average Bonchev–Trinajstić information content (AvgIpc) is 3.46. The van der Waals surface area contributed by atoms with E-state index >= 15 is 0 Å². The number of likely N-dealkylation sites (tertiary alicyclic amines) is 2. The number of carboxylic acids is 2. The number of carboxylic acid groups (broad SMARTS) is 2. The van der Waals surface area contributed by atoms with Gasteiger partial charge in [-0.05, 0) is 25.0 Å². The van der Waals surface area contributed by atoms with Crippen molar-refractivity contribution in [2.45, 2.75) is 50.9 Å². The van der Waals surface area contributed by atoms with Crippen LogP contribution in [0.15, 0.2) is 29.9 Å². The maximum Gasteiger partial charge on any atom is 0.490 e. The highest BCUT2D eigenvalue weighted by Gasteiger charge is 2.44. The van der Waals surface area contributed by atoms with Gasteiger partial charge in [0.2, 0.25) is 0 Å². The second kappa shape index (κ2) is 14.0. The maximum atomic E-state index is 10.6. The highest BCUT2D eigenvalue weighted by atomic mass is 32.1. The highest BCUT2D eigenvalue weighted by Crippen LogP contribution is 2.34. The number of rotatable bonds is 5. The number of thiazole rings is 1. The van der Waals surface area contributed by atoms with E-state index in [0.29, 0.717) is 18.1 Å². The number of pyridine rings is 1. The van der Waals surface area contributed by atoms with Gasteiger partial charge in [-0.1, -0.05) is 6.07 Å². The van der Waals surface area contributed by atoms with Gasteiger partial charge in [-0.25, -0.2) is 14.6 Å². The summed E-state index contributed by atoms with van der Waals surface area (Å²) in [5.74, 6) is -4.94. The van der Waals surface area contributed by atoms with Crippen LogP contribution in [0, 0.1) is 12.8 Å². The van der Waals surface area contributed by atoms with Crippen LogP contribution >= 0.6 is 11.3 Å². The maximum absolute atomic E-state index is 10.6. The van der Waals surface area contributed by atoms with E-state index in [9.17, 15) is 26.3 Å². The Labute approximate surface area is 224 Å². The highest BCUT2D eigenvalue weighted by molar-refractivity contribution is 7.09. The van der Waals surface area contributed by atoms with Crippen LogP contribution in [0.3, 0.4) is 0 Å². The Morgan fingerprint density at radius 2 is 1.72 bits per heavy atom. The zero-order valence-corrected chi connectivity index (χ0v) is 21.8. The quantitative estimate of drug-likeness (QED) is 0.505. The number of alkyl halides is 6. The van der Waals surface area contributed by atoms with Gasteiger partial charge in [0, 0.05) is 69.6 Å². The first-order valence-electron chi connectivity index (χ1n) is 11.5. The summed E-state index contributed by atoms with van der Waals surface area (Å²) in [6, 6.07) is 4.76. The molecule has 2 N–H and O–H groups in total. The van der Waals surface area contributed by atoms with Crippen molar-refractivity contribution in [3.05, 3.63) is 46.2 Å². The Hall–Kier alpha value is -2.82. The summed E-state index contributed by atoms with van der Waals surface area (Å²) in [6.45, 7) is 7.31. The minimum atomic E-state index is -5.08. The third kappa shape index (κ3) is 10.3. The Balaban J connectivity index is 0.000000317. The number of hydrogen-bond donors (Lipinski definition) is 2. The van der Waals surface area contributed by atoms with Crippen LogP contribution in [-0.2, 0) is 27.4 Å². The normalized spacial score (nSPS) is 21.7. The fourth-order valence-electron chi connectivity index (χ4n) is 4.37. The Bertz CT molecular complexity index is 1050. The minimum Gasteiger partial charge on any atom is -0.475 e. The molecular weight excluding hydrogens is 558 g/mol. The van der Waals surface area contributed by atoms with Gasteiger partial charge in [0.25, 0.3) is 0 Å². The van der Waals surface area contributed by atoms with E-state index < -0.39 is 24.3 Å². The number of nitrogens with zero attached hydrogens (tertiary/aromatic N) is 4. The number of aromatic nitrogens is 2. The number of carbonyl (C=O) groups is 2. The van der Waals surface area contributed by atoms with Crippen LogP contribution < -0.4 is 0 Å². The van der Waals surface area contributed by atoms with Crippen LogP contribution in [0.2, 0.25) is 0 Å². The minimum absolute atomic E-state index is 0.373. The van der Waals surface area contributed by atoms with E-state index in [1.807, 2.05) is 25.6 Å². The SMILES string of the molecule is CO[C@@H]1CCN(Cc2cccnc2)[C@@H]2CN(Cc3csc(C)n3)C[C@@H]21.O=C(O)C(F)(F)F.O=C(O)C(F)(F)F. The van der Waals surface area contributed by atoms with E-state index in [0.717, 1.165) is 44.2 Å². The lowest BCUT2D eigenvalue weighted by molar-refractivity contribution is -0.193. The zero-order valence-electron chi connectivity index (χ0n) is 20.9. The molecule has 4 heterocycles. The van der Waals surface area contributed by atoms with Crippen molar-refractivity contribution in [2.75, 3.05) is 26.7 Å². The molecule has 0 amide bonds.